The number of thioether (sulfide) groups is 1. The molecule has 0 unspecified atom stereocenters. The summed E-state index contributed by atoms with van der Waals surface area (Å²) in [4.78, 5) is 46.4. The van der Waals surface area contributed by atoms with Gasteiger partial charge in [-0.3, -0.25) is 19.3 Å². The van der Waals surface area contributed by atoms with Gasteiger partial charge in [0.05, 0.1) is 36.2 Å². The van der Waals surface area contributed by atoms with Crippen LogP contribution in [-0.2, 0) is 14.4 Å². The number of fused-ring (bicyclic) bond motifs is 1. The zero-order chi connectivity index (χ0) is 33.9. The number of likely N-dealkylation sites (tertiary alicyclic amines) is 1. The number of Topliss-reactive ketones (excluding diaryl/α,β-unsaturated/α-hetero) is 2. The van der Waals surface area contributed by atoms with Crippen LogP contribution in [-0.4, -0.2) is 62.1 Å². The molecule has 0 bridgehead atoms. The molecule has 1 fully saturated rings. The van der Waals surface area contributed by atoms with E-state index < -0.39 is 0 Å². The first kappa shape index (κ1) is 33.3. The molecule has 0 saturated carbocycles. The van der Waals surface area contributed by atoms with Crippen molar-refractivity contribution in [1.82, 2.24) is 10.2 Å². The van der Waals surface area contributed by atoms with Crippen molar-refractivity contribution in [1.29, 1.82) is 0 Å². The van der Waals surface area contributed by atoms with Gasteiger partial charge in [0.25, 0.3) is 5.82 Å². The second-order valence-electron chi connectivity index (χ2n) is 12.9. The van der Waals surface area contributed by atoms with Crippen molar-refractivity contribution in [3.05, 3.63) is 106 Å². The predicted octanol–water partition coefficient (Wildman–Crippen LogP) is 6.06. The number of pyridine rings is 1. The first-order valence-electron chi connectivity index (χ1n) is 16.7. The van der Waals surface area contributed by atoms with Crippen molar-refractivity contribution in [2.75, 3.05) is 43.5 Å². The summed E-state index contributed by atoms with van der Waals surface area (Å²) >= 11 is 1.78. The smallest absolute Gasteiger partial charge is 0.282 e. The molecule has 0 spiro atoms. The molecule has 1 saturated heterocycles. The highest BCUT2D eigenvalue weighted by Crippen LogP contribution is 2.45. The van der Waals surface area contributed by atoms with Crippen molar-refractivity contribution < 1.29 is 19.0 Å². The quantitative estimate of drug-likeness (QED) is 0.221. The summed E-state index contributed by atoms with van der Waals surface area (Å²) in [6, 6.07) is 23.2. The molecule has 3 aromatic rings. The van der Waals surface area contributed by atoms with Crippen molar-refractivity contribution in [2.45, 2.75) is 57.4 Å². The van der Waals surface area contributed by atoms with Crippen LogP contribution in [0.25, 0.3) is 11.8 Å². The average Bonchev–Trinajstić information content (AvgIpc) is 3.42. The van der Waals surface area contributed by atoms with Crippen molar-refractivity contribution in [2.24, 2.45) is 0 Å². The fraction of sp³-hybridized carbons (Fsp3) is 0.333. The first-order valence-corrected chi connectivity index (χ1v) is 17.5. The largest absolute Gasteiger partial charge is 0.368 e. The number of anilines is 2. The van der Waals surface area contributed by atoms with E-state index in [4.69, 9.17) is 0 Å². The lowest BCUT2D eigenvalue weighted by atomic mass is 9.88. The average molecular weight is 663 g/mol. The molecule has 1 N–H and O–H groups in total. The van der Waals surface area contributed by atoms with Gasteiger partial charge in [-0.15, -0.1) is 0 Å². The highest BCUT2D eigenvalue weighted by molar-refractivity contribution is 8.03. The summed E-state index contributed by atoms with van der Waals surface area (Å²) in [5, 5.41) is 4.40. The molecule has 8 nitrogen and oxygen atoms in total. The molecule has 1 amide bonds. The molecule has 3 aliphatic rings. The summed E-state index contributed by atoms with van der Waals surface area (Å²) in [6.07, 6.45) is 6.97. The van der Waals surface area contributed by atoms with Gasteiger partial charge in [-0.1, -0.05) is 42.1 Å². The molecule has 6 rings (SSSR count). The third-order valence-corrected chi connectivity index (χ3v) is 10.8. The van der Waals surface area contributed by atoms with Crippen LogP contribution in [0, 0.1) is 0 Å². The van der Waals surface area contributed by atoms with Gasteiger partial charge in [0.15, 0.2) is 5.78 Å². The maximum absolute atomic E-state index is 13.0. The van der Waals surface area contributed by atoms with Crippen LogP contribution in [0.15, 0.2) is 105 Å². The Morgan fingerprint density at radius 1 is 0.958 bits per heavy atom. The molecular weight excluding hydrogens is 619 g/mol. The SMILES string of the molecule is CC1=C(C)C(=O)C(N2CCC(NC(=O)CCCN(C)c3cc(/C=C4\Sc5ccccc5N4C)cc[n+]3-c3ccccc3)CC2)=C(C)C1=O. The number of hydrogen-bond donors (Lipinski definition) is 1. The number of para-hydroxylation sites is 2. The number of carbonyl (C=O) groups excluding carboxylic acids is 3. The van der Waals surface area contributed by atoms with Gasteiger partial charge in [0, 0.05) is 60.3 Å². The van der Waals surface area contributed by atoms with Crippen LogP contribution in [0.1, 0.15) is 52.0 Å². The standard InChI is InChI=1S/C39H43N5O3S/c1-26-27(2)39(47)37(28(3)38(26)46)43-21-18-30(19-22-43)40-34(45)16-11-20-41(4)35-24-29(17-23-44(35)31-12-7-6-8-13-31)25-36-42(5)32-14-9-10-15-33(32)48-36/h6-10,12-15,17,23-25,30H,11,16,18-22H2,1-5H3/p+1. The summed E-state index contributed by atoms with van der Waals surface area (Å²) in [6.45, 7) is 7.19. The molecule has 2 aromatic carbocycles. The molecule has 0 atom stereocenters. The third kappa shape index (κ3) is 6.83. The zero-order valence-corrected chi connectivity index (χ0v) is 29.3. The highest BCUT2D eigenvalue weighted by Gasteiger charge is 2.33. The van der Waals surface area contributed by atoms with Crippen LogP contribution in [0.4, 0.5) is 11.5 Å². The van der Waals surface area contributed by atoms with Gasteiger partial charge in [-0.05, 0) is 82.0 Å². The summed E-state index contributed by atoms with van der Waals surface area (Å²) < 4.78 is 2.19. The monoisotopic (exact) mass is 662 g/mol. The van der Waals surface area contributed by atoms with Crippen molar-refractivity contribution in [3.8, 4) is 5.69 Å². The summed E-state index contributed by atoms with van der Waals surface area (Å²) in [5.74, 6) is 0.993. The number of allylic oxidation sites excluding steroid dienone is 3. The number of amides is 1. The van der Waals surface area contributed by atoms with Crippen LogP contribution in [0.5, 0.6) is 0 Å². The number of aromatic nitrogens is 1. The fourth-order valence-electron chi connectivity index (χ4n) is 6.68. The molecule has 48 heavy (non-hydrogen) atoms. The van der Waals surface area contributed by atoms with Gasteiger partial charge in [-0.25, -0.2) is 4.57 Å². The molecular formula is C39H44N5O3S+. The van der Waals surface area contributed by atoms with E-state index in [9.17, 15) is 14.4 Å². The number of rotatable bonds is 9. The Balaban J connectivity index is 1.06. The normalized spacial score (nSPS) is 17.8. The lowest BCUT2D eigenvalue weighted by molar-refractivity contribution is -0.582. The van der Waals surface area contributed by atoms with Crippen molar-refractivity contribution >= 4 is 46.8 Å². The maximum Gasteiger partial charge on any atom is 0.282 e. The Kier molecular flexibility index (Phi) is 9.87. The van der Waals surface area contributed by atoms with E-state index in [2.05, 4.69) is 94.6 Å². The molecule has 9 heteroatoms. The minimum atomic E-state index is -0.0534. The van der Waals surface area contributed by atoms with E-state index in [1.54, 1.807) is 32.5 Å². The third-order valence-electron chi connectivity index (χ3n) is 9.67. The van der Waals surface area contributed by atoms with Gasteiger partial charge >= 0.3 is 0 Å². The van der Waals surface area contributed by atoms with Gasteiger partial charge in [-0.2, -0.15) is 0 Å². The minimum Gasteiger partial charge on any atom is -0.368 e. The van der Waals surface area contributed by atoms with Crippen LogP contribution >= 0.6 is 11.8 Å². The summed E-state index contributed by atoms with van der Waals surface area (Å²) in [7, 11) is 4.19. The highest BCUT2D eigenvalue weighted by atomic mass is 32.2. The van der Waals surface area contributed by atoms with Gasteiger partial charge < -0.3 is 15.1 Å². The Morgan fingerprint density at radius 3 is 2.38 bits per heavy atom. The number of nitrogens with zero attached hydrogens (tertiary/aromatic N) is 4. The lowest BCUT2D eigenvalue weighted by Crippen LogP contribution is -2.46. The van der Waals surface area contributed by atoms with Crippen LogP contribution in [0.3, 0.4) is 0 Å². The number of benzene rings is 2. The Morgan fingerprint density at radius 2 is 1.65 bits per heavy atom. The maximum atomic E-state index is 13.0. The molecule has 248 valence electrons. The molecule has 1 aliphatic carbocycles. The van der Waals surface area contributed by atoms with Gasteiger partial charge in [0.1, 0.15) is 5.69 Å². The number of hydrogen-bond acceptors (Lipinski definition) is 7. The van der Waals surface area contributed by atoms with Crippen molar-refractivity contribution in [3.63, 3.8) is 0 Å². The second kappa shape index (κ2) is 14.2. The predicted molar refractivity (Wildman–Crippen MR) is 193 cm³/mol. The minimum absolute atomic E-state index is 0.0471. The Bertz CT molecular complexity index is 1840. The number of ketones is 2. The second-order valence-corrected chi connectivity index (χ2v) is 13.9. The topological polar surface area (TPSA) is 76.8 Å². The number of carbonyl (C=O) groups is 3. The van der Waals surface area contributed by atoms with Crippen LogP contribution in [0.2, 0.25) is 0 Å². The molecule has 0 radical (unpaired) electrons. The Hall–Kier alpha value is -4.63. The molecule has 1 aromatic heterocycles. The van der Waals surface area contributed by atoms with E-state index in [1.165, 1.54) is 15.6 Å². The van der Waals surface area contributed by atoms with Gasteiger partial charge in [0.2, 0.25) is 11.7 Å². The fourth-order valence-corrected chi connectivity index (χ4v) is 7.79. The Labute approximate surface area is 287 Å². The van der Waals surface area contributed by atoms with E-state index in [1.807, 2.05) is 23.1 Å². The van der Waals surface area contributed by atoms with Crippen LogP contribution < -0.4 is 19.7 Å². The van der Waals surface area contributed by atoms with E-state index in [0.717, 1.165) is 29.9 Å². The molecule has 2 aliphatic heterocycles. The van der Waals surface area contributed by atoms with E-state index in [-0.39, 0.29) is 23.5 Å². The van der Waals surface area contributed by atoms with E-state index >= 15 is 0 Å². The zero-order valence-electron chi connectivity index (χ0n) is 28.5. The lowest BCUT2D eigenvalue weighted by Gasteiger charge is -2.36. The van der Waals surface area contributed by atoms with E-state index in [0.29, 0.717) is 54.9 Å². The number of piperidine rings is 1. The molecule has 3 heterocycles. The summed E-state index contributed by atoms with van der Waals surface area (Å²) in [5.41, 5.74) is 5.54. The number of nitrogens with one attached hydrogen (secondary N) is 1. The first-order chi connectivity index (χ1) is 23.1.